The van der Waals surface area contributed by atoms with Gasteiger partial charge in [-0.1, -0.05) is 19.3 Å². The van der Waals surface area contributed by atoms with Gasteiger partial charge in [0.1, 0.15) is 0 Å². The summed E-state index contributed by atoms with van der Waals surface area (Å²) in [4.78, 5) is 15.0. The van der Waals surface area contributed by atoms with Gasteiger partial charge in [-0.25, -0.2) is 8.42 Å². The Bertz CT molecular complexity index is 660. The van der Waals surface area contributed by atoms with Gasteiger partial charge in [0.2, 0.25) is 10.0 Å². The number of benzene rings is 1. The molecule has 0 unspecified atom stereocenters. The quantitative estimate of drug-likeness (QED) is 0.899. The Labute approximate surface area is 138 Å². The van der Waals surface area contributed by atoms with E-state index in [-0.39, 0.29) is 5.91 Å². The highest BCUT2D eigenvalue weighted by Crippen LogP contribution is 2.35. The van der Waals surface area contributed by atoms with Crippen molar-refractivity contribution in [3.8, 4) is 0 Å². The van der Waals surface area contributed by atoms with Gasteiger partial charge < -0.3 is 4.90 Å². The van der Waals surface area contributed by atoms with Crippen molar-refractivity contribution in [1.29, 1.82) is 0 Å². The van der Waals surface area contributed by atoms with Crippen LogP contribution in [0.25, 0.3) is 0 Å². The Morgan fingerprint density at radius 2 is 1.57 bits per heavy atom. The van der Waals surface area contributed by atoms with Crippen molar-refractivity contribution in [2.75, 3.05) is 11.0 Å². The van der Waals surface area contributed by atoms with E-state index in [9.17, 15) is 13.2 Å². The number of amides is 1. The van der Waals surface area contributed by atoms with Gasteiger partial charge in [0, 0.05) is 23.3 Å². The molecule has 1 N–H and O–H groups in total. The van der Waals surface area contributed by atoms with Crippen LogP contribution in [0.5, 0.6) is 0 Å². The summed E-state index contributed by atoms with van der Waals surface area (Å²) in [6.07, 6.45) is 9.23. The number of carbonyl (C=O) groups excluding carboxylic acids is 1. The number of anilines is 1. The van der Waals surface area contributed by atoms with Crippen LogP contribution in [0.15, 0.2) is 24.3 Å². The van der Waals surface area contributed by atoms with Crippen molar-refractivity contribution >= 4 is 21.6 Å². The molecule has 0 atom stereocenters. The highest BCUT2D eigenvalue weighted by Gasteiger charge is 2.37. The molecular formula is C17H24N2O3S. The van der Waals surface area contributed by atoms with Crippen LogP contribution in [-0.2, 0) is 10.0 Å². The minimum absolute atomic E-state index is 0.0882. The second-order valence-corrected chi connectivity index (χ2v) is 8.44. The minimum Gasteiger partial charge on any atom is -0.333 e. The Balaban J connectivity index is 1.74. The van der Waals surface area contributed by atoms with E-state index in [0.29, 0.717) is 23.3 Å². The number of hydrogen-bond acceptors (Lipinski definition) is 3. The zero-order valence-corrected chi connectivity index (χ0v) is 14.3. The molecule has 6 heteroatoms. The normalized spacial score (nSPS) is 19.3. The summed E-state index contributed by atoms with van der Waals surface area (Å²) < 4.78 is 24.9. The molecule has 0 aromatic heterocycles. The molecule has 2 aliphatic rings. The Hall–Kier alpha value is -1.56. The molecule has 1 amide bonds. The molecule has 0 spiro atoms. The van der Waals surface area contributed by atoms with Crippen LogP contribution in [0.2, 0.25) is 0 Å². The summed E-state index contributed by atoms with van der Waals surface area (Å²) in [7, 11) is -3.29. The summed E-state index contributed by atoms with van der Waals surface area (Å²) in [5.74, 6) is 0.0882. The SMILES string of the molecule is CS(=O)(=O)Nc1ccc(C(=O)N(C2CCCCC2)C2CC2)cc1. The molecule has 2 fully saturated rings. The average molecular weight is 336 g/mol. The first-order valence-corrected chi connectivity index (χ1v) is 10.2. The summed E-state index contributed by atoms with van der Waals surface area (Å²) >= 11 is 0. The topological polar surface area (TPSA) is 66.5 Å². The second-order valence-electron chi connectivity index (χ2n) is 6.69. The number of nitrogens with one attached hydrogen (secondary N) is 1. The number of sulfonamides is 1. The van der Waals surface area contributed by atoms with Crippen LogP contribution in [0.1, 0.15) is 55.3 Å². The maximum atomic E-state index is 12.9. The highest BCUT2D eigenvalue weighted by molar-refractivity contribution is 7.92. The van der Waals surface area contributed by atoms with Gasteiger partial charge in [-0.05, 0) is 49.9 Å². The maximum Gasteiger partial charge on any atom is 0.254 e. The Kier molecular flexibility index (Phi) is 4.62. The molecule has 0 radical (unpaired) electrons. The molecule has 126 valence electrons. The van der Waals surface area contributed by atoms with Crippen LogP contribution in [0.3, 0.4) is 0 Å². The first-order valence-electron chi connectivity index (χ1n) is 8.34. The minimum atomic E-state index is -3.29. The number of carbonyl (C=O) groups is 1. The lowest BCUT2D eigenvalue weighted by Crippen LogP contribution is -2.43. The smallest absolute Gasteiger partial charge is 0.254 e. The standard InChI is InChI=1S/C17H24N2O3S/c1-23(21,22)18-14-9-7-13(8-10-14)17(20)19(16-11-12-16)15-5-3-2-4-6-15/h7-10,15-16,18H,2-6,11-12H2,1H3. The van der Waals surface area contributed by atoms with E-state index in [0.717, 1.165) is 31.9 Å². The van der Waals surface area contributed by atoms with Gasteiger partial charge >= 0.3 is 0 Å². The average Bonchev–Trinajstić information content (AvgIpc) is 3.32. The predicted molar refractivity (Wildman–Crippen MR) is 91.0 cm³/mol. The Morgan fingerprint density at radius 3 is 2.09 bits per heavy atom. The molecule has 0 heterocycles. The predicted octanol–water partition coefficient (Wildman–Crippen LogP) is 3.00. The molecule has 0 aliphatic heterocycles. The summed E-state index contributed by atoms with van der Waals surface area (Å²) in [6.45, 7) is 0. The summed E-state index contributed by atoms with van der Waals surface area (Å²) in [5, 5.41) is 0. The van der Waals surface area contributed by atoms with E-state index < -0.39 is 10.0 Å². The summed E-state index contributed by atoms with van der Waals surface area (Å²) in [5.41, 5.74) is 1.13. The fourth-order valence-electron chi connectivity index (χ4n) is 3.39. The van der Waals surface area contributed by atoms with E-state index >= 15 is 0 Å². The van der Waals surface area contributed by atoms with Crippen molar-refractivity contribution in [2.45, 2.75) is 57.0 Å². The third-order valence-electron chi connectivity index (χ3n) is 4.58. The zero-order valence-electron chi connectivity index (χ0n) is 13.5. The third kappa shape index (κ3) is 4.25. The summed E-state index contributed by atoms with van der Waals surface area (Å²) in [6, 6.07) is 7.51. The van der Waals surface area contributed by atoms with Crippen molar-refractivity contribution in [3.63, 3.8) is 0 Å². The van der Waals surface area contributed by atoms with Crippen LogP contribution in [0, 0.1) is 0 Å². The fourth-order valence-corrected chi connectivity index (χ4v) is 3.95. The van der Waals surface area contributed by atoms with Gasteiger partial charge in [0.15, 0.2) is 0 Å². The number of hydrogen-bond donors (Lipinski definition) is 1. The molecule has 3 rings (SSSR count). The van der Waals surface area contributed by atoms with Crippen molar-refractivity contribution in [3.05, 3.63) is 29.8 Å². The molecule has 23 heavy (non-hydrogen) atoms. The monoisotopic (exact) mass is 336 g/mol. The Morgan fingerprint density at radius 1 is 1.00 bits per heavy atom. The lowest BCUT2D eigenvalue weighted by Gasteiger charge is -2.34. The molecular weight excluding hydrogens is 312 g/mol. The third-order valence-corrected chi connectivity index (χ3v) is 5.18. The van der Waals surface area contributed by atoms with Crippen molar-refractivity contribution in [1.82, 2.24) is 4.90 Å². The van der Waals surface area contributed by atoms with Crippen LogP contribution >= 0.6 is 0 Å². The van der Waals surface area contributed by atoms with E-state index in [4.69, 9.17) is 0 Å². The molecule has 0 saturated heterocycles. The van der Waals surface area contributed by atoms with Crippen LogP contribution < -0.4 is 4.72 Å². The van der Waals surface area contributed by atoms with Gasteiger partial charge in [0.25, 0.3) is 5.91 Å². The molecule has 1 aromatic carbocycles. The second kappa shape index (κ2) is 6.51. The first-order chi connectivity index (χ1) is 10.9. The molecule has 2 saturated carbocycles. The van der Waals surface area contributed by atoms with Gasteiger partial charge in [-0.15, -0.1) is 0 Å². The van der Waals surface area contributed by atoms with Gasteiger partial charge in [-0.2, -0.15) is 0 Å². The van der Waals surface area contributed by atoms with E-state index in [2.05, 4.69) is 9.62 Å². The molecule has 0 bridgehead atoms. The number of nitrogens with zero attached hydrogens (tertiary/aromatic N) is 1. The van der Waals surface area contributed by atoms with Crippen molar-refractivity contribution in [2.24, 2.45) is 0 Å². The van der Waals surface area contributed by atoms with E-state index in [1.54, 1.807) is 24.3 Å². The van der Waals surface area contributed by atoms with Crippen molar-refractivity contribution < 1.29 is 13.2 Å². The molecule has 2 aliphatic carbocycles. The van der Waals surface area contributed by atoms with Gasteiger partial charge in [0.05, 0.1) is 6.26 Å². The highest BCUT2D eigenvalue weighted by atomic mass is 32.2. The first kappa shape index (κ1) is 16.3. The van der Waals surface area contributed by atoms with Gasteiger partial charge in [-0.3, -0.25) is 9.52 Å². The zero-order chi connectivity index (χ0) is 16.4. The van der Waals surface area contributed by atoms with E-state index in [1.807, 2.05) is 0 Å². The van der Waals surface area contributed by atoms with E-state index in [1.165, 1.54) is 19.3 Å². The molecule has 1 aromatic rings. The lowest BCUT2D eigenvalue weighted by atomic mass is 9.93. The van der Waals surface area contributed by atoms with Crippen LogP contribution in [0.4, 0.5) is 5.69 Å². The molecule has 5 nitrogen and oxygen atoms in total. The largest absolute Gasteiger partial charge is 0.333 e. The lowest BCUT2D eigenvalue weighted by molar-refractivity contribution is 0.0614. The fraction of sp³-hybridized carbons (Fsp3) is 0.588. The van der Waals surface area contributed by atoms with Crippen LogP contribution in [-0.4, -0.2) is 37.6 Å². The number of rotatable bonds is 5. The maximum absolute atomic E-state index is 12.9.